The Morgan fingerprint density at radius 2 is 1.76 bits per heavy atom. The molecule has 1 aliphatic heterocycles. The molecule has 2 aliphatic rings. The van der Waals surface area contributed by atoms with Gasteiger partial charge in [-0.1, -0.05) is 48.5 Å². The molecule has 1 aromatic heterocycles. The van der Waals surface area contributed by atoms with Crippen LogP contribution in [0.15, 0.2) is 60.7 Å². The number of rotatable bonds is 5. The first-order valence-corrected chi connectivity index (χ1v) is 11.9. The van der Waals surface area contributed by atoms with Gasteiger partial charge in [-0.15, -0.1) is 0 Å². The maximum atomic E-state index is 12.0. The molecule has 0 spiro atoms. The molecule has 0 radical (unpaired) electrons. The number of nitrogens with zero attached hydrogens (tertiary/aromatic N) is 2. The van der Waals surface area contributed by atoms with Crippen molar-refractivity contribution in [2.75, 3.05) is 0 Å². The molecule has 0 unspecified atom stereocenters. The number of aldehydes is 1. The Labute approximate surface area is 193 Å². The fourth-order valence-corrected chi connectivity index (χ4v) is 5.43. The minimum Gasteiger partial charge on any atom is -0.386 e. The molecule has 4 aromatic rings. The maximum absolute atomic E-state index is 12.0. The highest BCUT2D eigenvalue weighted by Gasteiger charge is 2.34. The predicted octanol–water partition coefficient (Wildman–Crippen LogP) is 6.16. The summed E-state index contributed by atoms with van der Waals surface area (Å²) >= 11 is 0. The standard InChI is InChI=1S/C29H28N2O2/c1-29(2,33)22-11-8-18(9-12-22)20-10-13-24-26(16-20)31-25(14-15-27(31)30-24)28-21(17-32)4-3-5-23(28)19-6-7-19/h3-5,8-13,16-17,19,25,33H,6-7,14-15H2,1-2H3/t25-/m1/s1. The second-order valence-electron chi connectivity index (χ2n) is 10.0. The van der Waals surface area contributed by atoms with Gasteiger partial charge in [-0.25, -0.2) is 4.98 Å². The Bertz CT molecular complexity index is 1370. The zero-order valence-corrected chi connectivity index (χ0v) is 19.1. The molecular weight excluding hydrogens is 408 g/mol. The number of aromatic nitrogens is 2. The van der Waals surface area contributed by atoms with Crippen molar-refractivity contribution >= 4 is 17.3 Å². The first-order chi connectivity index (χ1) is 15.9. The van der Waals surface area contributed by atoms with Crippen molar-refractivity contribution in [2.24, 2.45) is 0 Å². The molecule has 33 heavy (non-hydrogen) atoms. The molecule has 1 fully saturated rings. The van der Waals surface area contributed by atoms with Crippen LogP contribution in [0.5, 0.6) is 0 Å². The fourth-order valence-electron chi connectivity index (χ4n) is 5.43. The van der Waals surface area contributed by atoms with E-state index < -0.39 is 5.60 Å². The van der Waals surface area contributed by atoms with Crippen LogP contribution in [-0.4, -0.2) is 20.9 Å². The number of carbonyl (C=O) groups is 1. The van der Waals surface area contributed by atoms with E-state index in [2.05, 4.69) is 41.0 Å². The zero-order chi connectivity index (χ0) is 22.7. The van der Waals surface area contributed by atoms with Gasteiger partial charge < -0.3 is 9.67 Å². The number of carbonyl (C=O) groups excluding carboxylic acids is 1. The van der Waals surface area contributed by atoms with Crippen molar-refractivity contribution in [3.63, 3.8) is 0 Å². The van der Waals surface area contributed by atoms with Crippen LogP contribution in [0.1, 0.15) is 77.9 Å². The van der Waals surface area contributed by atoms with Crippen LogP contribution in [-0.2, 0) is 12.0 Å². The summed E-state index contributed by atoms with van der Waals surface area (Å²) < 4.78 is 2.37. The van der Waals surface area contributed by atoms with Crippen LogP contribution in [0, 0.1) is 0 Å². The van der Waals surface area contributed by atoms with Crippen molar-refractivity contribution in [1.29, 1.82) is 0 Å². The zero-order valence-electron chi connectivity index (χ0n) is 19.1. The second kappa shape index (κ2) is 7.39. The number of hydrogen-bond donors (Lipinski definition) is 1. The summed E-state index contributed by atoms with van der Waals surface area (Å²) in [4.78, 5) is 16.9. The summed E-state index contributed by atoms with van der Waals surface area (Å²) in [6, 6.07) is 20.9. The minimum absolute atomic E-state index is 0.148. The van der Waals surface area contributed by atoms with Crippen LogP contribution >= 0.6 is 0 Å². The highest BCUT2D eigenvalue weighted by atomic mass is 16.3. The monoisotopic (exact) mass is 436 g/mol. The lowest BCUT2D eigenvalue weighted by Crippen LogP contribution is -2.14. The summed E-state index contributed by atoms with van der Waals surface area (Å²) in [5.74, 6) is 1.69. The third-order valence-corrected chi connectivity index (χ3v) is 7.29. The van der Waals surface area contributed by atoms with Gasteiger partial charge in [0.05, 0.1) is 22.7 Å². The molecule has 166 valence electrons. The predicted molar refractivity (Wildman–Crippen MR) is 131 cm³/mol. The van der Waals surface area contributed by atoms with E-state index >= 15 is 0 Å². The van der Waals surface area contributed by atoms with Gasteiger partial charge in [0.2, 0.25) is 0 Å². The topological polar surface area (TPSA) is 55.1 Å². The highest BCUT2D eigenvalue weighted by Crippen LogP contribution is 2.47. The van der Waals surface area contributed by atoms with Gasteiger partial charge in [-0.3, -0.25) is 4.79 Å². The van der Waals surface area contributed by atoms with E-state index in [-0.39, 0.29) is 6.04 Å². The van der Waals surface area contributed by atoms with Gasteiger partial charge in [0.15, 0.2) is 0 Å². The normalized spacial score (nSPS) is 18.0. The molecule has 0 bridgehead atoms. The van der Waals surface area contributed by atoms with Gasteiger partial charge in [0.25, 0.3) is 0 Å². The molecule has 3 aromatic carbocycles. The minimum atomic E-state index is -0.854. The molecule has 6 rings (SSSR count). The first kappa shape index (κ1) is 20.4. The van der Waals surface area contributed by atoms with Crippen LogP contribution in [0.4, 0.5) is 0 Å². The summed E-state index contributed by atoms with van der Waals surface area (Å²) in [6.07, 6.45) is 5.35. The van der Waals surface area contributed by atoms with Crippen molar-refractivity contribution in [1.82, 2.24) is 9.55 Å². The summed E-state index contributed by atoms with van der Waals surface area (Å²) in [6.45, 7) is 3.60. The number of aryl methyl sites for hydroxylation is 1. The molecule has 2 heterocycles. The lowest BCUT2D eigenvalue weighted by molar-refractivity contribution is 0.0786. The molecule has 1 aliphatic carbocycles. The second-order valence-corrected chi connectivity index (χ2v) is 10.0. The molecule has 0 amide bonds. The molecule has 1 N–H and O–H groups in total. The molecule has 1 atom stereocenters. The number of benzene rings is 3. The van der Waals surface area contributed by atoms with Crippen LogP contribution < -0.4 is 0 Å². The third kappa shape index (κ3) is 3.41. The smallest absolute Gasteiger partial charge is 0.150 e. The summed E-state index contributed by atoms with van der Waals surface area (Å²) in [5, 5.41) is 10.3. The molecule has 0 saturated heterocycles. The molecule has 4 nitrogen and oxygen atoms in total. The highest BCUT2D eigenvalue weighted by molar-refractivity contribution is 5.84. The fraction of sp³-hybridized carbons (Fsp3) is 0.310. The summed E-state index contributed by atoms with van der Waals surface area (Å²) in [5.41, 5.74) is 7.78. The van der Waals surface area contributed by atoms with E-state index in [0.29, 0.717) is 5.92 Å². The van der Waals surface area contributed by atoms with Crippen molar-refractivity contribution < 1.29 is 9.90 Å². The largest absolute Gasteiger partial charge is 0.386 e. The molecule has 1 saturated carbocycles. The van der Waals surface area contributed by atoms with E-state index in [1.807, 2.05) is 24.3 Å². The summed E-state index contributed by atoms with van der Waals surface area (Å²) in [7, 11) is 0. The Balaban J connectivity index is 1.47. The van der Waals surface area contributed by atoms with Crippen molar-refractivity contribution in [3.05, 3.63) is 88.7 Å². The maximum Gasteiger partial charge on any atom is 0.150 e. The Kier molecular flexibility index (Phi) is 4.56. The lowest BCUT2D eigenvalue weighted by atomic mass is 9.91. The SMILES string of the molecule is CC(C)(O)c1ccc(-c2ccc3nc4n(c3c2)[C@@H](c2c(C=O)cccc2C2CC2)CC4)cc1. The van der Waals surface area contributed by atoms with E-state index in [1.165, 1.54) is 24.0 Å². The quantitative estimate of drug-likeness (QED) is 0.381. The third-order valence-electron chi connectivity index (χ3n) is 7.29. The lowest BCUT2D eigenvalue weighted by Gasteiger charge is -2.21. The number of fused-ring (bicyclic) bond motifs is 3. The van der Waals surface area contributed by atoms with Crippen molar-refractivity contribution in [2.45, 2.75) is 57.1 Å². The van der Waals surface area contributed by atoms with Crippen LogP contribution in [0.3, 0.4) is 0 Å². The Morgan fingerprint density at radius 1 is 1.00 bits per heavy atom. The van der Waals surface area contributed by atoms with E-state index in [4.69, 9.17) is 4.98 Å². The van der Waals surface area contributed by atoms with Gasteiger partial charge >= 0.3 is 0 Å². The van der Waals surface area contributed by atoms with Gasteiger partial charge in [0, 0.05) is 12.0 Å². The average Bonchev–Trinajstić information content (AvgIpc) is 3.49. The van der Waals surface area contributed by atoms with Gasteiger partial charge in [-0.05, 0) is 79.0 Å². The van der Waals surface area contributed by atoms with E-state index in [9.17, 15) is 9.90 Å². The van der Waals surface area contributed by atoms with Crippen LogP contribution in [0.25, 0.3) is 22.2 Å². The van der Waals surface area contributed by atoms with E-state index in [0.717, 1.165) is 58.2 Å². The van der Waals surface area contributed by atoms with Gasteiger partial charge in [0.1, 0.15) is 12.1 Å². The van der Waals surface area contributed by atoms with Gasteiger partial charge in [-0.2, -0.15) is 0 Å². The molecule has 4 heteroatoms. The molecular formula is C29H28N2O2. The van der Waals surface area contributed by atoms with Crippen molar-refractivity contribution in [3.8, 4) is 11.1 Å². The Morgan fingerprint density at radius 3 is 2.45 bits per heavy atom. The number of imidazole rings is 1. The van der Waals surface area contributed by atoms with Crippen LogP contribution in [0.2, 0.25) is 0 Å². The van der Waals surface area contributed by atoms with E-state index in [1.54, 1.807) is 13.8 Å². The Hall–Kier alpha value is -3.24. The average molecular weight is 437 g/mol. The number of hydrogen-bond acceptors (Lipinski definition) is 3. The number of aliphatic hydroxyl groups is 1. The first-order valence-electron chi connectivity index (χ1n) is 11.9.